The maximum absolute atomic E-state index is 13.6. The number of hydrogen-bond donors (Lipinski definition) is 1. The molecule has 1 rings (SSSR count). The lowest BCUT2D eigenvalue weighted by atomic mass is 9.90. The highest BCUT2D eigenvalue weighted by Crippen LogP contribution is 2.29. The van der Waals surface area contributed by atoms with Gasteiger partial charge in [0, 0.05) is 16.1 Å². The second kappa shape index (κ2) is 3.52. The molecule has 0 aliphatic heterocycles. The predicted molar refractivity (Wildman–Crippen MR) is 58.1 cm³/mol. The summed E-state index contributed by atoms with van der Waals surface area (Å²) in [6.45, 7) is 7.06. The molecule has 0 saturated carbocycles. The van der Waals surface area contributed by atoms with Gasteiger partial charge in [0.1, 0.15) is 5.82 Å². The van der Waals surface area contributed by atoms with Crippen molar-refractivity contribution in [1.29, 1.82) is 0 Å². The van der Waals surface area contributed by atoms with Crippen molar-refractivity contribution in [2.45, 2.75) is 33.2 Å². The van der Waals surface area contributed by atoms with E-state index in [1.807, 2.05) is 13.8 Å². The predicted octanol–water partition coefficient (Wildman–Crippen LogP) is 3.29. The van der Waals surface area contributed by atoms with Crippen LogP contribution in [-0.4, -0.2) is 0 Å². The van der Waals surface area contributed by atoms with Crippen molar-refractivity contribution in [1.82, 2.24) is 0 Å². The Balaban J connectivity index is 3.49. The summed E-state index contributed by atoms with van der Waals surface area (Å²) in [4.78, 5) is 0. The number of nitrogens with two attached hydrogens (primary N) is 1. The largest absolute Gasteiger partial charge is 0.322 e. The molecule has 0 aliphatic carbocycles. The van der Waals surface area contributed by atoms with Gasteiger partial charge in [-0.1, -0.05) is 11.6 Å². The molecule has 14 heavy (non-hydrogen) atoms. The first kappa shape index (κ1) is 11.5. The molecule has 78 valence electrons. The molecule has 0 radical (unpaired) electrons. The van der Waals surface area contributed by atoms with Gasteiger partial charge in [-0.15, -0.1) is 0 Å². The van der Waals surface area contributed by atoms with Crippen LogP contribution < -0.4 is 5.73 Å². The van der Waals surface area contributed by atoms with Crippen molar-refractivity contribution in [3.63, 3.8) is 0 Å². The van der Waals surface area contributed by atoms with Crippen molar-refractivity contribution in [3.8, 4) is 0 Å². The average Bonchev–Trinajstić information content (AvgIpc) is 2.06. The maximum atomic E-state index is 13.6. The smallest absolute Gasteiger partial charge is 0.130 e. The average molecular weight is 216 g/mol. The molecule has 0 saturated heterocycles. The highest BCUT2D eigenvalue weighted by atomic mass is 35.5. The van der Waals surface area contributed by atoms with E-state index in [0.717, 1.165) is 5.56 Å². The Bertz CT molecular complexity index is 367. The molecular formula is C11H15ClFN. The Hall–Kier alpha value is -0.600. The van der Waals surface area contributed by atoms with E-state index < -0.39 is 5.54 Å². The molecule has 1 aromatic carbocycles. The van der Waals surface area contributed by atoms with Crippen molar-refractivity contribution < 1.29 is 4.39 Å². The van der Waals surface area contributed by atoms with Gasteiger partial charge >= 0.3 is 0 Å². The number of hydrogen-bond acceptors (Lipinski definition) is 1. The monoisotopic (exact) mass is 215 g/mol. The Labute approximate surface area is 89.1 Å². The molecule has 0 aromatic heterocycles. The minimum atomic E-state index is -0.567. The van der Waals surface area contributed by atoms with Crippen molar-refractivity contribution in [2.24, 2.45) is 5.73 Å². The van der Waals surface area contributed by atoms with E-state index in [-0.39, 0.29) is 5.82 Å². The van der Waals surface area contributed by atoms with Crippen molar-refractivity contribution >= 4 is 11.6 Å². The zero-order chi connectivity index (χ0) is 11.1. The summed E-state index contributed by atoms with van der Waals surface area (Å²) < 4.78 is 13.6. The second-order valence-corrected chi connectivity index (χ2v) is 4.60. The summed E-state index contributed by atoms with van der Waals surface area (Å²) in [7, 11) is 0. The van der Waals surface area contributed by atoms with Crippen molar-refractivity contribution in [2.75, 3.05) is 0 Å². The van der Waals surface area contributed by atoms with Crippen LogP contribution >= 0.6 is 11.6 Å². The Morgan fingerprint density at radius 3 is 2.21 bits per heavy atom. The van der Waals surface area contributed by atoms with Gasteiger partial charge in [-0.3, -0.25) is 0 Å². The fourth-order valence-corrected chi connectivity index (χ4v) is 1.71. The summed E-state index contributed by atoms with van der Waals surface area (Å²) in [5.41, 5.74) is 7.17. The number of benzene rings is 1. The van der Waals surface area contributed by atoms with Crippen LogP contribution in [0.5, 0.6) is 0 Å². The fraction of sp³-hybridized carbons (Fsp3) is 0.455. The molecule has 0 unspecified atom stereocenters. The third-order valence-electron chi connectivity index (χ3n) is 2.39. The van der Waals surface area contributed by atoms with Gasteiger partial charge in [0.05, 0.1) is 0 Å². The molecule has 1 aromatic rings. The van der Waals surface area contributed by atoms with E-state index in [9.17, 15) is 4.39 Å². The summed E-state index contributed by atoms with van der Waals surface area (Å²) in [5, 5.41) is 0.432. The quantitative estimate of drug-likeness (QED) is 0.765. The Morgan fingerprint density at radius 1 is 1.29 bits per heavy atom. The molecule has 0 fully saturated rings. The van der Waals surface area contributed by atoms with Crippen molar-refractivity contribution in [3.05, 3.63) is 33.6 Å². The molecule has 0 bridgehead atoms. The number of rotatable bonds is 1. The summed E-state index contributed by atoms with van der Waals surface area (Å²) >= 11 is 5.90. The first-order valence-corrected chi connectivity index (χ1v) is 4.87. The van der Waals surface area contributed by atoms with Gasteiger partial charge in [-0.2, -0.15) is 0 Å². The molecular weight excluding hydrogens is 201 g/mol. The first-order chi connectivity index (χ1) is 6.25. The molecule has 0 heterocycles. The molecule has 2 N–H and O–H groups in total. The third-order valence-corrected chi connectivity index (χ3v) is 2.78. The van der Waals surface area contributed by atoms with Crippen LogP contribution in [0, 0.1) is 19.7 Å². The van der Waals surface area contributed by atoms with E-state index >= 15 is 0 Å². The van der Waals surface area contributed by atoms with Gasteiger partial charge in [-0.05, 0) is 44.9 Å². The number of halogens is 2. The van der Waals surface area contributed by atoms with E-state index in [1.54, 1.807) is 19.9 Å². The lowest BCUT2D eigenvalue weighted by Gasteiger charge is -2.23. The molecule has 0 aliphatic rings. The lowest BCUT2D eigenvalue weighted by molar-refractivity contribution is 0.534. The molecule has 3 heteroatoms. The van der Waals surface area contributed by atoms with Gasteiger partial charge in [0.2, 0.25) is 0 Å². The van der Waals surface area contributed by atoms with Crippen LogP contribution in [0.3, 0.4) is 0 Å². The summed E-state index contributed by atoms with van der Waals surface area (Å²) in [6, 6.07) is 1.75. The highest BCUT2D eigenvalue weighted by Gasteiger charge is 2.21. The minimum Gasteiger partial charge on any atom is -0.322 e. The standard InChI is InChI=1S/C11H15ClFN/c1-6-8(11(3,4)14)5-9(12)7(2)10(6)13/h5H,14H2,1-4H3. The van der Waals surface area contributed by atoms with E-state index in [2.05, 4.69) is 0 Å². The Kier molecular flexibility index (Phi) is 2.88. The maximum Gasteiger partial charge on any atom is 0.130 e. The minimum absolute atomic E-state index is 0.258. The summed E-state index contributed by atoms with van der Waals surface area (Å²) in [6.07, 6.45) is 0. The van der Waals surface area contributed by atoms with Gasteiger partial charge in [0.25, 0.3) is 0 Å². The van der Waals surface area contributed by atoms with E-state index in [4.69, 9.17) is 17.3 Å². The van der Waals surface area contributed by atoms with Crippen LogP contribution in [0.25, 0.3) is 0 Å². The zero-order valence-electron chi connectivity index (χ0n) is 8.91. The molecule has 0 amide bonds. The molecule has 1 nitrogen and oxygen atoms in total. The van der Waals surface area contributed by atoms with Gasteiger partial charge in [0.15, 0.2) is 0 Å². The normalized spacial score (nSPS) is 11.9. The van der Waals surface area contributed by atoms with Crippen LogP contribution in [0.15, 0.2) is 6.07 Å². The Morgan fingerprint density at radius 2 is 1.79 bits per heavy atom. The molecule has 0 atom stereocenters. The summed E-state index contributed by atoms with van der Waals surface area (Å²) in [5.74, 6) is -0.258. The third kappa shape index (κ3) is 1.91. The van der Waals surface area contributed by atoms with Crippen LogP contribution in [0.1, 0.15) is 30.5 Å². The highest BCUT2D eigenvalue weighted by molar-refractivity contribution is 6.31. The van der Waals surface area contributed by atoms with Crippen LogP contribution in [0.4, 0.5) is 4.39 Å². The topological polar surface area (TPSA) is 26.0 Å². The van der Waals surface area contributed by atoms with E-state index in [1.165, 1.54) is 0 Å². The lowest BCUT2D eigenvalue weighted by Crippen LogP contribution is -2.30. The van der Waals surface area contributed by atoms with Crippen LogP contribution in [0.2, 0.25) is 5.02 Å². The SMILES string of the molecule is Cc1c(Cl)cc(C(C)(C)N)c(C)c1F. The fourth-order valence-electron chi connectivity index (χ4n) is 1.52. The van der Waals surface area contributed by atoms with Gasteiger partial charge < -0.3 is 5.73 Å². The van der Waals surface area contributed by atoms with E-state index in [0.29, 0.717) is 16.1 Å². The van der Waals surface area contributed by atoms with Crippen LogP contribution in [-0.2, 0) is 5.54 Å². The second-order valence-electron chi connectivity index (χ2n) is 4.19. The first-order valence-electron chi connectivity index (χ1n) is 4.49. The zero-order valence-corrected chi connectivity index (χ0v) is 9.67. The van der Waals surface area contributed by atoms with Gasteiger partial charge in [-0.25, -0.2) is 4.39 Å². The molecule has 0 spiro atoms.